The number of ketones is 1. The topological polar surface area (TPSA) is 104 Å². The van der Waals surface area contributed by atoms with Gasteiger partial charge < -0.3 is 20.5 Å². The number of Topliss-reactive ketones (excluding diaryl/α,β-unsaturated/α-hetero) is 1. The number of hydrogen-bond donors (Lipinski definition) is 2. The molecule has 3 aromatic rings. The molecule has 10 heteroatoms. The van der Waals surface area contributed by atoms with Gasteiger partial charge in [0.1, 0.15) is 6.04 Å². The van der Waals surface area contributed by atoms with Crippen molar-refractivity contribution in [1.29, 1.82) is 0 Å². The number of ether oxygens (including phenoxy) is 2. The first-order valence-electron chi connectivity index (χ1n) is 10.3. The molecular weight excluding hydrogens is 465 g/mol. The second-order valence-electron chi connectivity index (χ2n) is 7.94. The third kappa shape index (κ3) is 3.59. The van der Waals surface area contributed by atoms with Crippen molar-refractivity contribution in [2.75, 3.05) is 25.3 Å². The van der Waals surface area contributed by atoms with Crippen LogP contribution < -0.4 is 20.5 Å². The standard InChI is InChI=1S/C23H21Cl2N5O3/c1-32-17-7-6-11(10-18(17)33-2)12-8-15-19(16(31)9-12)21(13-4-3-5-14(24)20(13)25)30-23(27-15)28-22(26)29-30/h3-7,10,12,21H,8-9H2,1-2H3,(H3,26,27,28,29). The zero-order valence-electron chi connectivity index (χ0n) is 17.9. The molecule has 0 fully saturated rings. The van der Waals surface area contributed by atoms with Crippen LogP contribution in [0.1, 0.15) is 35.9 Å². The number of methoxy groups -OCH3 is 2. The normalized spacial score (nSPS) is 19.6. The minimum atomic E-state index is -0.578. The lowest BCUT2D eigenvalue weighted by molar-refractivity contribution is -0.116. The number of aromatic nitrogens is 3. The first kappa shape index (κ1) is 21.6. The van der Waals surface area contributed by atoms with Crippen LogP contribution in [0.3, 0.4) is 0 Å². The van der Waals surface area contributed by atoms with Gasteiger partial charge in [-0.05, 0) is 36.1 Å². The maximum Gasteiger partial charge on any atom is 0.241 e. The zero-order valence-corrected chi connectivity index (χ0v) is 19.4. The lowest BCUT2D eigenvalue weighted by Crippen LogP contribution is -2.33. The van der Waals surface area contributed by atoms with Crippen LogP contribution in [0.2, 0.25) is 10.0 Å². The molecule has 0 saturated carbocycles. The molecule has 2 aromatic carbocycles. The average molecular weight is 486 g/mol. The molecule has 2 atom stereocenters. The van der Waals surface area contributed by atoms with Crippen molar-refractivity contribution in [2.24, 2.45) is 0 Å². The number of nitrogens with one attached hydrogen (secondary N) is 1. The fourth-order valence-corrected chi connectivity index (χ4v) is 5.00. The van der Waals surface area contributed by atoms with Crippen molar-refractivity contribution in [3.05, 3.63) is 68.8 Å². The molecular formula is C23H21Cl2N5O3. The Hall–Kier alpha value is -3.23. The van der Waals surface area contributed by atoms with Crippen molar-refractivity contribution in [3.63, 3.8) is 0 Å². The molecule has 1 aromatic heterocycles. The number of hydrogen-bond acceptors (Lipinski definition) is 7. The van der Waals surface area contributed by atoms with E-state index in [0.717, 1.165) is 11.3 Å². The molecule has 8 nitrogen and oxygen atoms in total. The largest absolute Gasteiger partial charge is 0.493 e. The highest BCUT2D eigenvalue weighted by atomic mass is 35.5. The number of halogens is 2. The number of benzene rings is 2. The van der Waals surface area contributed by atoms with Gasteiger partial charge in [0.15, 0.2) is 17.3 Å². The Balaban J connectivity index is 1.60. The molecule has 2 unspecified atom stereocenters. The van der Waals surface area contributed by atoms with E-state index >= 15 is 0 Å². The van der Waals surface area contributed by atoms with Crippen LogP contribution in [0.15, 0.2) is 47.7 Å². The van der Waals surface area contributed by atoms with Crippen LogP contribution in [0.5, 0.6) is 11.5 Å². The monoisotopic (exact) mass is 485 g/mol. The molecule has 0 bridgehead atoms. The molecule has 0 saturated heterocycles. The number of anilines is 2. The van der Waals surface area contributed by atoms with E-state index in [2.05, 4.69) is 15.4 Å². The van der Waals surface area contributed by atoms with Crippen molar-refractivity contribution in [1.82, 2.24) is 14.8 Å². The summed E-state index contributed by atoms with van der Waals surface area (Å²) in [6.07, 6.45) is 0.919. The van der Waals surface area contributed by atoms with Crippen LogP contribution in [-0.2, 0) is 4.79 Å². The molecule has 2 heterocycles. The highest BCUT2D eigenvalue weighted by Crippen LogP contribution is 2.47. The van der Waals surface area contributed by atoms with E-state index in [1.165, 1.54) is 0 Å². The van der Waals surface area contributed by atoms with Gasteiger partial charge in [0.2, 0.25) is 11.9 Å². The molecule has 1 aliphatic heterocycles. The Labute approximate surface area is 200 Å². The maximum absolute atomic E-state index is 13.6. The fraction of sp³-hybridized carbons (Fsp3) is 0.261. The number of nitrogens with two attached hydrogens (primary N) is 1. The van der Waals surface area contributed by atoms with Gasteiger partial charge in [-0.25, -0.2) is 4.68 Å². The van der Waals surface area contributed by atoms with Gasteiger partial charge in [-0.1, -0.05) is 41.4 Å². The second kappa shape index (κ2) is 8.28. The van der Waals surface area contributed by atoms with Gasteiger partial charge in [0, 0.05) is 23.3 Å². The molecule has 33 heavy (non-hydrogen) atoms. The van der Waals surface area contributed by atoms with E-state index in [0.29, 0.717) is 51.5 Å². The van der Waals surface area contributed by atoms with E-state index in [4.69, 9.17) is 38.4 Å². The predicted octanol–water partition coefficient (Wildman–Crippen LogP) is 4.60. The summed E-state index contributed by atoms with van der Waals surface area (Å²) in [5.41, 5.74) is 8.91. The molecule has 0 amide bonds. The van der Waals surface area contributed by atoms with Gasteiger partial charge in [0.05, 0.1) is 24.3 Å². The van der Waals surface area contributed by atoms with E-state index < -0.39 is 6.04 Å². The van der Waals surface area contributed by atoms with Gasteiger partial charge in [-0.3, -0.25) is 4.79 Å². The maximum atomic E-state index is 13.6. The predicted molar refractivity (Wildman–Crippen MR) is 126 cm³/mol. The average Bonchev–Trinajstić information content (AvgIpc) is 3.18. The van der Waals surface area contributed by atoms with Gasteiger partial charge in [-0.15, -0.1) is 5.10 Å². The Kier molecular flexibility index (Phi) is 5.42. The van der Waals surface area contributed by atoms with E-state index in [1.807, 2.05) is 24.3 Å². The quantitative estimate of drug-likeness (QED) is 0.556. The molecule has 3 N–H and O–H groups in total. The Morgan fingerprint density at radius 1 is 1.12 bits per heavy atom. The summed E-state index contributed by atoms with van der Waals surface area (Å²) in [5, 5.41) is 8.36. The summed E-state index contributed by atoms with van der Waals surface area (Å²) < 4.78 is 12.4. The smallest absolute Gasteiger partial charge is 0.241 e. The highest BCUT2D eigenvalue weighted by molar-refractivity contribution is 6.42. The third-order valence-electron chi connectivity index (χ3n) is 6.09. The van der Waals surface area contributed by atoms with Crippen molar-refractivity contribution < 1.29 is 14.3 Å². The minimum Gasteiger partial charge on any atom is -0.493 e. The molecule has 0 spiro atoms. The summed E-state index contributed by atoms with van der Waals surface area (Å²) in [6.45, 7) is 0. The van der Waals surface area contributed by atoms with Crippen LogP contribution in [0, 0.1) is 0 Å². The van der Waals surface area contributed by atoms with Crippen molar-refractivity contribution >= 4 is 40.9 Å². The van der Waals surface area contributed by atoms with Crippen molar-refractivity contribution in [3.8, 4) is 11.5 Å². The minimum absolute atomic E-state index is 0.00991. The lowest BCUT2D eigenvalue weighted by atomic mass is 9.78. The SMILES string of the molecule is COc1ccc(C2CC(=O)C3=C(C2)Nc2nc(N)nn2C3c2cccc(Cl)c2Cl)cc1OC. The Morgan fingerprint density at radius 2 is 1.91 bits per heavy atom. The number of nitrogen functional groups attached to an aromatic ring is 1. The summed E-state index contributed by atoms with van der Waals surface area (Å²) in [4.78, 5) is 17.9. The number of carbonyl (C=O) groups is 1. The summed E-state index contributed by atoms with van der Waals surface area (Å²) in [5.74, 6) is 1.75. The Bertz CT molecular complexity index is 1300. The van der Waals surface area contributed by atoms with Crippen LogP contribution in [0.25, 0.3) is 0 Å². The van der Waals surface area contributed by atoms with E-state index in [1.54, 1.807) is 31.0 Å². The molecule has 5 rings (SSSR count). The highest BCUT2D eigenvalue weighted by Gasteiger charge is 2.40. The lowest BCUT2D eigenvalue weighted by Gasteiger charge is -2.35. The van der Waals surface area contributed by atoms with Crippen LogP contribution in [0.4, 0.5) is 11.9 Å². The summed E-state index contributed by atoms with van der Waals surface area (Å²) in [6, 6.07) is 10.5. The summed E-state index contributed by atoms with van der Waals surface area (Å²) in [7, 11) is 3.18. The van der Waals surface area contributed by atoms with Gasteiger partial charge >= 0.3 is 0 Å². The number of nitrogens with zero attached hydrogens (tertiary/aromatic N) is 3. The molecule has 0 radical (unpaired) electrons. The van der Waals surface area contributed by atoms with E-state index in [-0.39, 0.29) is 17.6 Å². The summed E-state index contributed by atoms with van der Waals surface area (Å²) >= 11 is 12.9. The number of allylic oxidation sites excluding steroid dienone is 2. The van der Waals surface area contributed by atoms with E-state index in [9.17, 15) is 4.79 Å². The fourth-order valence-electron chi connectivity index (χ4n) is 4.59. The van der Waals surface area contributed by atoms with Crippen LogP contribution in [-0.4, -0.2) is 34.8 Å². The number of carbonyl (C=O) groups excluding carboxylic acids is 1. The number of fused-ring (bicyclic) bond motifs is 1. The second-order valence-corrected chi connectivity index (χ2v) is 8.73. The first-order chi connectivity index (χ1) is 15.9. The number of rotatable bonds is 4. The first-order valence-corrected chi connectivity index (χ1v) is 11.1. The van der Waals surface area contributed by atoms with Crippen LogP contribution >= 0.6 is 23.2 Å². The van der Waals surface area contributed by atoms with Gasteiger partial charge in [0.25, 0.3) is 0 Å². The molecule has 1 aliphatic carbocycles. The molecule has 170 valence electrons. The Morgan fingerprint density at radius 3 is 2.67 bits per heavy atom. The zero-order chi connectivity index (χ0) is 23.3. The molecule has 2 aliphatic rings. The van der Waals surface area contributed by atoms with Gasteiger partial charge in [-0.2, -0.15) is 4.98 Å². The van der Waals surface area contributed by atoms with Crippen molar-refractivity contribution in [2.45, 2.75) is 24.8 Å². The third-order valence-corrected chi connectivity index (χ3v) is 6.92.